The highest BCUT2D eigenvalue weighted by Gasteiger charge is 2.37. The Labute approximate surface area is 163 Å². The molecule has 0 unspecified atom stereocenters. The normalized spacial score (nSPS) is 18.5. The van der Waals surface area contributed by atoms with E-state index in [1.165, 1.54) is 11.0 Å². The van der Waals surface area contributed by atoms with Crippen molar-refractivity contribution in [2.24, 2.45) is 0 Å². The van der Waals surface area contributed by atoms with Crippen LogP contribution in [-0.2, 0) is 4.74 Å². The Bertz CT molecular complexity index is 956. The van der Waals surface area contributed by atoms with Crippen LogP contribution >= 0.6 is 0 Å². The van der Waals surface area contributed by atoms with Crippen LogP contribution < -0.4 is 5.32 Å². The zero-order valence-electron chi connectivity index (χ0n) is 16.0. The van der Waals surface area contributed by atoms with E-state index in [9.17, 15) is 14.4 Å². The number of hydrogen-bond donors (Lipinski definition) is 1. The third-order valence-electron chi connectivity index (χ3n) is 5.12. The number of ether oxygens (including phenoxy) is 1. The number of anilines is 1. The molecular formula is C22H22N2O4. The fourth-order valence-electron chi connectivity index (χ4n) is 3.84. The van der Waals surface area contributed by atoms with Crippen LogP contribution in [0.1, 0.15) is 55.0 Å². The first-order valence-corrected chi connectivity index (χ1v) is 9.44. The average molecular weight is 378 g/mol. The van der Waals surface area contributed by atoms with Gasteiger partial charge in [0.25, 0.3) is 17.7 Å². The Balaban J connectivity index is 1.54. The maximum Gasteiger partial charge on any atom is 0.261 e. The van der Waals surface area contributed by atoms with Gasteiger partial charge >= 0.3 is 0 Å². The Kier molecular flexibility index (Phi) is 4.73. The van der Waals surface area contributed by atoms with E-state index in [-0.39, 0.29) is 35.9 Å². The van der Waals surface area contributed by atoms with Crippen molar-refractivity contribution in [1.82, 2.24) is 4.90 Å². The SMILES string of the molecule is Cc1cc(C)cc(NC(=O)c2ccc3c(c2)C(=O)N(C[C@H]2CCCO2)C3=O)c1. The molecule has 0 saturated carbocycles. The minimum Gasteiger partial charge on any atom is -0.376 e. The van der Waals surface area contributed by atoms with E-state index in [2.05, 4.69) is 5.32 Å². The van der Waals surface area contributed by atoms with Gasteiger partial charge in [-0.3, -0.25) is 19.3 Å². The van der Waals surface area contributed by atoms with E-state index >= 15 is 0 Å². The topological polar surface area (TPSA) is 75.7 Å². The van der Waals surface area contributed by atoms with E-state index in [1.807, 2.05) is 32.0 Å². The lowest BCUT2D eigenvalue weighted by Crippen LogP contribution is -2.36. The van der Waals surface area contributed by atoms with Crippen molar-refractivity contribution >= 4 is 23.4 Å². The zero-order valence-corrected chi connectivity index (χ0v) is 16.0. The van der Waals surface area contributed by atoms with Crippen LogP contribution in [-0.4, -0.2) is 41.9 Å². The summed E-state index contributed by atoms with van der Waals surface area (Å²) in [7, 11) is 0. The molecule has 6 nitrogen and oxygen atoms in total. The minimum atomic E-state index is -0.364. The van der Waals surface area contributed by atoms with Gasteiger partial charge in [0, 0.05) is 17.9 Å². The lowest BCUT2D eigenvalue weighted by molar-refractivity contribution is 0.0475. The quantitative estimate of drug-likeness (QED) is 0.828. The van der Waals surface area contributed by atoms with Gasteiger partial charge in [-0.15, -0.1) is 0 Å². The van der Waals surface area contributed by atoms with Crippen LogP contribution in [0.5, 0.6) is 0 Å². The highest BCUT2D eigenvalue weighted by atomic mass is 16.5. The third-order valence-corrected chi connectivity index (χ3v) is 5.12. The molecule has 1 saturated heterocycles. The van der Waals surface area contributed by atoms with E-state index in [0.29, 0.717) is 23.4 Å². The van der Waals surface area contributed by atoms with Gasteiger partial charge in [0.05, 0.1) is 23.8 Å². The second-order valence-electron chi connectivity index (χ2n) is 7.45. The van der Waals surface area contributed by atoms with Crippen molar-refractivity contribution in [3.63, 3.8) is 0 Å². The fraction of sp³-hybridized carbons (Fsp3) is 0.318. The number of hydrogen-bond acceptors (Lipinski definition) is 4. The molecule has 2 heterocycles. The van der Waals surface area contributed by atoms with E-state index < -0.39 is 0 Å². The van der Waals surface area contributed by atoms with Gasteiger partial charge in [0.1, 0.15) is 0 Å². The molecule has 2 aliphatic rings. The van der Waals surface area contributed by atoms with Crippen LogP contribution in [0.2, 0.25) is 0 Å². The van der Waals surface area contributed by atoms with Crippen molar-refractivity contribution in [3.05, 3.63) is 64.2 Å². The molecule has 28 heavy (non-hydrogen) atoms. The molecule has 0 aromatic heterocycles. The molecular weight excluding hydrogens is 356 g/mol. The zero-order chi connectivity index (χ0) is 19.8. The molecule has 3 amide bonds. The lowest BCUT2D eigenvalue weighted by Gasteiger charge is -2.17. The average Bonchev–Trinajstić information content (AvgIpc) is 3.24. The molecule has 2 aromatic rings. The highest BCUT2D eigenvalue weighted by Crippen LogP contribution is 2.26. The van der Waals surface area contributed by atoms with Crippen molar-refractivity contribution in [1.29, 1.82) is 0 Å². The first-order chi connectivity index (χ1) is 13.4. The fourth-order valence-corrected chi connectivity index (χ4v) is 3.84. The Morgan fingerprint density at radius 3 is 2.46 bits per heavy atom. The molecule has 1 N–H and O–H groups in total. The Hall–Kier alpha value is -2.99. The van der Waals surface area contributed by atoms with Gasteiger partial charge in [0.2, 0.25) is 0 Å². The van der Waals surface area contributed by atoms with Gasteiger partial charge < -0.3 is 10.1 Å². The first-order valence-electron chi connectivity index (χ1n) is 9.44. The number of imide groups is 1. The summed E-state index contributed by atoms with van der Waals surface area (Å²) in [4.78, 5) is 39.2. The van der Waals surface area contributed by atoms with E-state index in [1.54, 1.807) is 12.1 Å². The number of nitrogens with one attached hydrogen (secondary N) is 1. The number of aryl methyl sites for hydroxylation is 2. The number of fused-ring (bicyclic) bond motifs is 1. The molecule has 1 fully saturated rings. The summed E-state index contributed by atoms with van der Waals surface area (Å²) >= 11 is 0. The summed E-state index contributed by atoms with van der Waals surface area (Å²) in [6.07, 6.45) is 1.68. The molecule has 0 aliphatic carbocycles. The summed E-state index contributed by atoms with van der Waals surface area (Å²) in [5.74, 6) is -1.00. The third kappa shape index (κ3) is 3.43. The molecule has 6 heteroatoms. The molecule has 4 rings (SSSR count). The van der Waals surface area contributed by atoms with Gasteiger partial charge in [-0.05, 0) is 68.1 Å². The van der Waals surface area contributed by atoms with Crippen molar-refractivity contribution < 1.29 is 19.1 Å². The molecule has 0 bridgehead atoms. The van der Waals surface area contributed by atoms with Crippen LogP contribution in [0, 0.1) is 13.8 Å². The largest absolute Gasteiger partial charge is 0.376 e. The lowest BCUT2D eigenvalue weighted by atomic mass is 10.0. The molecule has 2 aromatic carbocycles. The van der Waals surface area contributed by atoms with Gasteiger partial charge in [-0.2, -0.15) is 0 Å². The number of carbonyl (C=O) groups is 3. The van der Waals surface area contributed by atoms with E-state index in [0.717, 1.165) is 24.0 Å². The molecule has 0 radical (unpaired) electrons. The maximum absolute atomic E-state index is 12.7. The smallest absolute Gasteiger partial charge is 0.261 e. The second kappa shape index (κ2) is 7.20. The first kappa shape index (κ1) is 18.4. The van der Waals surface area contributed by atoms with Crippen LogP contribution in [0.3, 0.4) is 0 Å². The molecule has 144 valence electrons. The number of amides is 3. The monoisotopic (exact) mass is 378 g/mol. The molecule has 0 spiro atoms. The summed E-state index contributed by atoms with van der Waals surface area (Å²) in [5, 5.41) is 2.86. The number of carbonyl (C=O) groups excluding carboxylic acids is 3. The summed E-state index contributed by atoms with van der Waals surface area (Å²) in [5.41, 5.74) is 3.76. The predicted octanol–water partition coefficient (Wildman–Crippen LogP) is 3.33. The number of nitrogens with zero attached hydrogens (tertiary/aromatic N) is 1. The summed E-state index contributed by atoms with van der Waals surface area (Å²) in [6, 6.07) is 10.4. The Morgan fingerprint density at radius 2 is 1.79 bits per heavy atom. The van der Waals surface area contributed by atoms with Gasteiger partial charge in [0.15, 0.2) is 0 Å². The van der Waals surface area contributed by atoms with Crippen LogP contribution in [0.15, 0.2) is 36.4 Å². The second-order valence-corrected chi connectivity index (χ2v) is 7.45. The van der Waals surface area contributed by atoms with Crippen molar-refractivity contribution in [3.8, 4) is 0 Å². The minimum absolute atomic E-state index is 0.102. The van der Waals surface area contributed by atoms with Crippen LogP contribution in [0.25, 0.3) is 0 Å². The van der Waals surface area contributed by atoms with Gasteiger partial charge in [-0.25, -0.2) is 0 Å². The summed E-state index contributed by atoms with van der Waals surface area (Å²) < 4.78 is 5.55. The maximum atomic E-state index is 12.7. The molecule has 2 aliphatic heterocycles. The number of benzene rings is 2. The number of rotatable bonds is 4. The van der Waals surface area contributed by atoms with Gasteiger partial charge in [-0.1, -0.05) is 6.07 Å². The molecule has 1 atom stereocenters. The standard InChI is InChI=1S/C22H22N2O4/c1-13-8-14(2)10-16(9-13)23-20(25)15-5-6-18-19(11-15)22(27)24(21(18)26)12-17-4-3-7-28-17/h5-6,8-11,17H,3-4,7,12H2,1-2H3,(H,23,25)/t17-/m1/s1. The predicted molar refractivity (Wildman–Crippen MR) is 105 cm³/mol. The Morgan fingerprint density at radius 1 is 1.07 bits per heavy atom. The van der Waals surface area contributed by atoms with E-state index in [4.69, 9.17) is 4.74 Å². The summed E-state index contributed by atoms with van der Waals surface area (Å²) in [6.45, 7) is 4.85. The van der Waals surface area contributed by atoms with Crippen molar-refractivity contribution in [2.75, 3.05) is 18.5 Å². The van der Waals surface area contributed by atoms with Crippen molar-refractivity contribution in [2.45, 2.75) is 32.8 Å². The van der Waals surface area contributed by atoms with Crippen LogP contribution in [0.4, 0.5) is 5.69 Å². The highest BCUT2D eigenvalue weighted by molar-refractivity contribution is 6.22.